The summed E-state index contributed by atoms with van der Waals surface area (Å²) in [7, 11) is 0. The lowest BCUT2D eigenvalue weighted by Gasteiger charge is -2.46. The summed E-state index contributed by atoms with van der Waals surface area (Å²) in [4.78, 5) is 13.2. The molecule has 0 radical (unpaired) electrons. The molecule has 0 saturated carbocycles. The van der Waals surface area contributed by atoms with Crippen LogP contribution in [0.15, 0.2) is 12.2 Å². The maximum absolute atomic E-state index is 13.2. The Hall–Kier alpha value is -1.27. The highest BCUT2D eigenvalue weighted by atomic mass is 16.7. The molecule has 0 aromatic heterocycles. The molecule has 408 valence electrons. The summed E-state index contributed by atoms with van der Waals surface area (Å²) >= 11 is 0. The van der Waals surface area contributed by atoms with Gasteiger partial charge in [-0.1, -0.05) is 225 Å². The normalized spacial score (nSPS) is 26.2. The molecule has 2 fully saturated rings. The van der Waals surface area contributed by atoms with Crippen LogP contribution in [0.1, 0.15) is 239 Å². The van der Waals surface area contributed by atoms with Crippen LogP contribution >= 0.6 is 0 Å². The summed E-state index contributed by atoms with van der Waals surface area (Å²) in [5, 5.41) is 86.8. The maximum atomic E-state index is 13.2. The average Bonchev–Trinajstić information content (AvgIpc) is 3.35. The number of nitrogens with one attached hydrogen (secondary N) is 1. The van der Waals surface area contributed by atoms with Crippen molar-refractivity contribution in [2.24, 2.45) is 0 Å². The van der Waals surface area contributed by atoms with Gasteiger partial charge in [0, 0.05) is 6.42 Å². The molecule has 69 heavy (non-hydrogen) atoms. The standard InChI is InChI=1S/C55H105NO13/c1-3-5-7-9-11-13-15-17-18-19-20-21-22-23-24-25-26-27-29-31-33-35-37-39-47(60)56-43(44(59)38-36-34-32-30-28-16-14-12-10-8-6-4-2)42-66-54-52(65)50(63)53(46(41-58)68-54)69-55-51(64)49(62)48(61)45(40-57)67-55/h36,38,43-46,48-55,57-59,61-65H,3-35,37,39-42H2,1-2H3,(H,56,60)/b38-36+. The van der Waals surface area contributed by atoms with Crippen LogP contribution in [-0.4, -0.2) is 140 Å². The summed E-state index contributed by atoms with van der Waals surface area (Å²) in [6, 6.07) is -0.908. The Balaban J connectivity index is 1.74. The minimum atomic E-state index is -1.78. The number of aliphatic hydroxyl groups excluding tert-OH is 8. The molecule has 0 spiro atoms. The number of aliphatic hydroxyl groups is 8. The van der Waals surface area contributed by atoms with Crippen LogP contribution in [0, 0.1) is 0 Å². The predicted octanol–water partition coefficient (Wildman–Crippen LogP) is 8.72. The molecule has 2 aliphatic heterocycles. The summed E-state index contributed by atoms with van der Waals surface area (Å²) in [5.41, 5.74) is 0. The largest absolute Gasteiger partial charge is 0.394 e. The van der Waals surface area contributed by atoms with E-state index in [0.717, 1.165) is 38.5 Å². The molecule has 2 heterocycles. The fourth-order valence-electron chi connectivity index (χ4n) is 9.59. The molecule has 12 unspecified atom stereocenters. The monoisotopic (exact) mass is 988 g/mol. The number of unbranched alkanes of at least 4 members (excludes halogenated alkanes) is 32. The summed E-state index contributed by atoms with van der Waals surface area (Å²) in [6.45, 7) is 2.80. The van der Waals surface area contributed by atoms with Gasteiger partial charge in [-0.15, -0.1) is 0 Å². The minimum Gasteiger partial charge on any atom is -0.394 e. The Morgan fingerprint density at radius 2 is 0.899 bits per heavy atom. The lowest BCUT2D eigenvalue weighted by Crippen LogP contribution is -2.65. The number of carbonyl (C=O) groups is 1. The zero-order chi connectivity index (χ0) is 50.3. The summed E-state index contributed by atoms with van der Waals surface area (Å²) in [5.74, 6) is -0.236. The fourth-order valence-corrected chi connectivity index (χ4v) is 9.59. The first kappa shape index (κ1) is 63.8. The molecule has 0 aliphatic carbocycles. The SMILES string of the molecule is CCCCCCCCCCCC/C=C/C(O)C(COC1OC(CO)C(OC2OC(CO)C(O)C(O)C2O)C(O)C1O)NC(=O)CCCCCCCCCCCCCCCCCCCCCCCCC. The van der Waals surface area contributed by atoms with E-state index in [-0.39, 0.29) is 18.9 Å². The molecule has 2 saturated heterocycles. The number of hydrogen-bond donors (Lipinski definition) is 9. The van der Waals surface area contributed by atoms with Crippen molar-refractivity contribution in [1.29, 1.82) is 0 Å². The van der Waals surface area contributed by atoms with Gasteiger partial charge in [0.15, 0.2) is 12.6 Å². The van der Waals surface area contributed by atoms with Crippen LogP contribution in [-0.2, 0) is 23.7 Å². The van der Waals surface area contributed by atoms with Crippen LogP contribution in [0.4, 0.5) is 0 Å². The van der Waals surface area contributed by atoms with E-state index in [1.807, 2.05) is 6.08 Å². The van der Waals surface area contributed by atoms with Gasteiger partial charge in [0.25, 0.3) is 0 Å². The van der Waals surface area contributed by atoms with E-state index in [2.05, 4.69) is 19.2 Å². The van der Waals surface area contributed by atoms with Crippen molar-refractivity contribution >= 4 is 5.91 Å². The molecule has 2 aliphatic rings. The third-order valence-electron chi connectivity index (χ3n) is 14.2. The van der Waals surface area contributed by atoms with Crippen LogP contribution in [0.2, 0.25) is 0 Å². The number of ether oxygens (including phenoxy) is 4. The number of amides is 1. The highest BCUT2D eigenvalue weighted by molar-refractivity contribution is 5.76. The molecular weight excluding hydrogens is 883 g/mol. The molecule has 2 rings (SSSR count). The highest BCUT2D eigenvalue weighted by Crippen LogP contribution is 2.30. The zero-order valence-corrected chi connectivity index (χ0v) is 43.6. The predicted molar refractivity (Wildman–Crippen MR) is 272 cm³/mol. The van der Waals surface area contributed by atoms with E-state index in [1.165, 1.54) is 173 Å². The summed E-state index contributed by atoms with van der Waals surface area (Å²) < 4.78 is 22.7. The molecule has 9 N–H and O–H groups in total. The van der Waals surface area contributed by atoms with Gasteiger partial charge in [-0.25, -0.2) is 0 Å². The van der Waals surface area contributed by atoms with Crippen molar-refractivity contribution in [3.8, 4) is 0 Å². The van der Waals surface area contributed by atoms with E-state index in [4.69, 9.17) is 18.9 Å². The first-order chi connectivity index (χ1) is 33.6. The van der Waals surface area contributed by atoms with E-state index in [1.54, 1.807) is 6.08 Å². The molecule has 14 nitrogen and oxygen atoms in total. The Morgan fingerprint density at radius 3 is 1.33 bits per heavy atom. The van der Waals surface area contributed by atoms with Crippen molar-refractivity contribution < 1.29 is 64.6 Å². The molecule has 0 aromatic rings. The van der Waals surface area contributed by atoms with E-state index in [9.17, 15) is 45.6 Å². The second-order valence-electron chi connectivity index (χ2n) is 20.4. The fraction of sp³-hybridized carbons (Fsp3) is 0.945. The molecule has 12 atom stereocenters. The van der Waals surface area contributed by atoms with Gasteiger partial charge in [-0.2, -0.15) is 0 Å². The molecule has 1 amide bonds. The van der Waals surface area contributed by atoms with Crippen LogP contribution in [0.25, 0.3) is 0 Å². The molecular formula is C55H105NO13. The third-order valence-corrected chi connectivity index (χ3v) is 14.2. The second kappa shape index (κ2) is 42.1. The maximum Gasteiger partial charge on any atom is 0.220 e. The van der Waals surface area contributed by atoms with Gasteiger partial charge in [-0.05, 0) is 19.3 Å². The Morgan fingerprint density at radius 1 is 0.507 bits per heavy atom. The number of rotatable bonds is 45. The Kier molecular flexibility index (Phi) is 39.0. The van der Waals surface area contributed by atoms with Gasteiger partial charge in [-0.3, -0.25) is 4.79 Å². The van der Waals surface area contributed by atoms with Gasteiger partial charge in [0.05, 0.1) is 32.0 Å². The lowest BCUT2D eigenvalue weighted by atomic mass is 9.97. The molecule has 14 heteroatoms. The van der Waals surface area contributed by atoms with Crippen LogP contribution < -0.4 is 5.32 Å². The van der Waals surface area contributed by atoms with Crippen molar-refractivity contribution in [2.75, 3.05) is 19.8 Å². The van der Waals surface area contributed by atoms with Crippen LogP contribution in [0.3, 0.4) is 0 Å². The Bertz CT molecular complexity index is 1210. The zero-order valence-electron chi connectivity index (χ0n) is 43.6. The van der Waals surface area contributed by atoms with Gasteiger partial charge >= 0.3 is 0 Å². The molecule has 0 aromatic carbocycles. The number of carbonyl (C=O) groups excluding carboxylic acids is 1. The highest BCUT2D eigenvalue weighted by Gasteiger charge is 2.51. The van der Waals surface area contributed by atoms with Crippen LogP contribution in [0.5, 0.6) is 0 Å². The van der Waals surface area contributed by atoms with E-state index < -0.39 is 86.8 Å². The van der Waals surface area contributed by atoms with Crippen molar-refractivity contribution in [3.05, 3.63) is 12.2 Å². The van der Waals surface area contributed by atoms with Gasteiger partial charge in [0.1, 0.15) is 48.8 Å². The van der Waals surface area contributed by atoms with Crippen molar-refractivity contribution in [2.45, 2.75) is 312 Å². The first-order valence-electron chi connectivity index (χ1n) is 28.4. The lowest BCUT2D eigenvalue weighted by molar-refractivity contribution is -0.359. The first-order valence-corrected chi connectivity index (χ1v) is 28.4. The Labute approximate surface area is 418 Å². The topological polar surface area (TPSA) is 228 Å². The van der Waals surface area contributed by atoms with Crippen molar-refractivity contribution in [1.82, 2.24) is 5.32 Å². The minimum absolute atomic E-state index is 0.236. The van der Waals surface area contributed by atoms with E-state index >= 15 is 0 Å². The smallest absolute Gasteiger partial charge is 0.220 e. The molecule has 0 bridgehead atoms. The number of allylic oxidation sites excluding steroid dienone is 1. The quantitative estimate of drug-likeness (QED) is 0.0206. The van der Waals surface area contributed by atoms with E-state index in [0.29, 0.717) is 6.42 Å². The van der Waals surface area contributed by atoms with Gasteiger partial charge in [0.2, 0.25) is 5.91 Å². The average molecular weight is 988 g/mol. The third kappa shape index (κ3) is 28.7. The van der Waals surface area contributed by atoms with Gasteiger partial charge < -0.3 is 65.1 Å². The summed E-state index contributed by atoms with van der Waals surface area (Å²) in [6.07, 6.45) is 29.7. The van der Waals surface area contributed by atoms with Crippen molar-refractivity contribution in [3.63, 3.8) is 0 Å². The second-order valence-corrected chi connectivity index (χ2v) is 20.4. The number of hydrogen-bond acceptors (Lipinski definition) is 13.